The van der Waals surface area contributed by atoms with Gasteiger partial charge in [0, 0.05) is 48.0 Å². The highest BCUT2D eigenvalue weighted by Gasteiger charge is 2.30. The van der Waals surface area contributed by atoms with Crippen LogP contribution in [0.25, 0.3) is 55.8 Å². The number of fused-ring (bicyclic) bond motifs is 6. The van der Waals surface area contributed by atoms with Crippen molar-refractivity contribution in [2.45, 2.75) is 26.5 Å². The first-order chi connectivity index (χ1) is 21.4. The summed E-state index contributed by atoms with van der Waals surface area (Å²) in [4.78, 5) is 33.2. The van der Waals surface area contributed by atoms with Crippen LogP contribution >= 0.6 is 0 Å². The minimum absolute atomic E-state index is 0.0133. The molecule has 2 amide bonds. The van der Waals surface area contributed by atoms with Crippen LogP contribution in [-0.4, -0.2) is 35.0 Å². The number of carbonyl (C=O) groups is 2. The van der Waals surface area contributed by atoms with Gasteiger partial charge in [-0.25, -0.2) is 9.37 Å². The first kappa shape index (κ1) is 26.2. The molecule has 0 aliphatic carbocycles. The standard InChI is InChI=1S/C35H27FN4O4/c1-19-8-10-20(11-9-19)34-32(35(42)37-2)23-15-22(27(17-30(23)44-34)39-14-4-7-31(39)41)25-12-13-29-33(38-25)28-16-21-24(36)5-3-6-26(21)40(28)18-43-29/h3,5-6,8-13,15-17H,4,7,14,18H2,1-2H3,(H,37,42). The van der Waals surface area contributed by atoms with Crippen LogP contribution < -0.4 is 15.0 Å². The maximum atomic E-state index is 14.7. The number of carbonyl (C=O) groups excluding carboxylic acids is 2. The van der Waals surface area contributed by atoms with Gasteiger partial charge in [0.1, 0.15) is 28.6 Å². The lowest BCUT2D eigenvalue weighted by Crippen LogP contribution is -2.24. The highest BCUT2D eigenvalue weighted by atomic mass is 19.1. The molecule has 2 aliphatic rings. The third-order valence-electron chi connectivity index (χ3n) is 8.56. The quantitative estimate of drug-likeness (QED) is 0.239. The van der Waals surface area contributed by atoms with Crippen LogP contribution in [0.2, 0.25) is 0 Å². The summed E-state index contributed by atoms with van der Waals surface area (Å²) in [5.41, 5.74) is 6.72. The third kappa shape index (κ3) is 3.92. The Bertz CT molecular complexity index is 2160. The Morgan fingerprint density at radius 3 is 2.64 bits per heavy atom. The van der Waals surface area contributed by atoms with Crippen molar-refractivity contribution < 1.29 is 23.1 Å². The summed E-state index contributed by atoms with van der Waals surface area (Å²) < 4.78 is 29.0. The van der Waals surface area contributed by atoms with Crippen LogP contribution in [0.3, 0.4) is 0 Å². The predicted octanol–water partition coefficient (Wildman–Crippen LogP) is 7.07. The topological polar surface area (TPSA) is 89.6 Å². The fourth-order valence-corrected chi connectivity index (χ4v) is 6.34. The average Bonchev–Trinajstić information content (AvgIpc) is 3.75. The predicted molar refractivity (Wildman–Crippen MR) is 166 cm³/mol. The number of anilines is 1. The number of ether oxygens (including phenoxy) is 1. The molecule has 0 saturated carbocycles. The maximum Gasteiger partial charge on any atom is 0.255 e. The van der Waals surface area contributed by atoms with Crippen molar-refractivity contribution >= 4 is 39.4 Å². The molecule has 218 valence electrons. The van der Waals surface area contributed by atoms with Crippen molar-refractivity contribution in [3.05, 3.63) is 89.7 Å². The summed E-state index contributed by atoms with van der Waals surface area (Å²) in [7, 11) is 1.59. The van der Waals surface area contributed by atoms with E-state index >= 15 is 0 Å². The fourth-order valence-electron chi connectivity index (χ4n) is 6.34. The highest BCUT2D eigenvalue weighted by molar-refractivity contribution is 6.13. The van der Waals surface area contributed by atoms with Gasteiger partial charge in [0.2, 0.25) is 5.91 Å². The number of benzene rings is 3. The highest BCUT2D eigenvalue weighted by Crippen LogP contribution is 2.44. The Labute approximate surface area is 251 Å². The molecule has 0 bridgehead atoms. The molecule has 3 aromatic heterocycles. The van der Waals surface area contributed by atoms with E-state index in [0.29, 0.717) is 69.0 Å². The van der Waals surface area contributed by atoms with Crippen molar-refractivity contribution in [3.8, 4) is 39.7 Å². The number of nitrogens with zero attached hydrogens (tertiary/aromatic N) is 3. The summed E-state index contributed by atoms with van der Waals surface area (Å²) in [5.74, 6) is 0.454. The number of aryl methyl sites for hydroxylation is 1. The first-order valence-electron chi connectivity index (χ1n) is 14.5. The summed E-state index contributed by atoms with van der Waals surface area (Å²) >= 11 is 0. The SMILES string of the molecule is CNC(=O)c1c(-c2ccc(C)cc2)oc2cc(N3CCCC3=O)c(-c3ccc4c(n3)-c3cc5c(F)cccc5n3CO4)cc12. The Kier molecular flexibility index (Phi) is 5.84. The largest absolute Gasteiger partial charge is 0.470 e. The summed E-state index contributed by atoms with van der Waals surface area (Å²) in [5, 5.41) is 3.86. The molecule has 1 saturated heterocycles. The molecule has 1 N–H and O–H groups in total. The van der Waals surface area contributed by atoms with E-state index in [9.17, 15) is 14.0 Å². The van der Waals surface area contributed by atoms with Gasteiger partial charge in [-0.2, -0.15) is 0 Å². The van der Waals surface area contributed by atoms with Gasteiger partial charge in [0.25, 0.3) is 5.91 Å². The molecule has 0 radical (unpaired) electrons. The minimum atomic E-state index is -0.312. The van der Waals surface area contributed by atoms with E-state index in [0.717, 1.165) is 28.8 Å². The Morgan fingerprint density at radius 1 is 1.02 bits per heavy atom. The second kappa shape index (κ2) is 9.80. The van der Waals surface area contributed by atoms with Crippen molar-refractivity contribution in [1.29, 1.82) is 0 Å². The van der Waals surface area contributed by atoms with Gasteiger partial charge in [-0.3, -0.25) is 9.59 Å². The average molecular weight is 587 g/mol. The smallest absolute Gasteiger partial charge is 0.255 e. The van der Waals surface area contributed by atoms with Gasteiger partial charge in [-0.05, 0) is 49.7 Å². The number of hydrogen-bond donors (Lipinski definition) is 1. The van der Waals surface area contributed by atoms with E-state index in [1.807, 2.05) is 66.1 Å². The Hall–Kier alpha value is -5.44. The zero-order chi connectivity index (χ0) is 30.1. The molecule has 0 atom stereocenters. The van der Waals surface area contributed by atoms with E-state index in [2.05, 4.69) is 5.32 Å². The van der Waals surface area contributed by atoms with Crippen molar-refractivity contribution in [2.75, 3.05) is 18.5 Å². The van der Waals surface area contributed by atoms with E-state index in [-0.39, 0.29) is 24.4 Å². The number of furan rings is 1. The van der Waals surface area contributed by atoms with E-state index < -0.39 is 0 Å². The van der Waals surface area contributed by atoms with E-state index in [4.69, 9.17) is 14.1 Å². The summed E-state index contributed by atoms with van der Waals surface area (Å²) in [6.07, 6.45) is 1.19. The van der Waals surface area contributed by atoms with Crippen molar-refractivity contribution in [2.24, 2.45) is 0 Å². The third-order valence-corrected chi connectivity index (χ3v) is 8.56. The molecule has 2 aliphatic heterocycles. The van der Waals surface area contributed by atoms with Gasteiger partial charge in [-0.1, -0.05) is 35.9 Å². The fraction of sp³-hybridized carbons (Fsp3) is 0.171. The maximum absolute atomic E-state index is 14.7. The molecule has 1 fully saturated rings. The van der Waals surface area contributed by atoms with E-state index in [1.54, 1.807) is 24.1 Å². The van der Waals surface area contributed by atoms with Gasteiger partial charge >= 0.3 is 0 Å². The molecule has 9 heteroatoms. The monoisotopic (exact) mass is 586 g/mol. The lowest BCUT2D eigenvalue weighted by Gasteiger charge is -2.23. The molecule has 5 heterocycles. The lowest BCUT2D eigenvalue weighted by atomic mass is 9.99. The van der Waals surface area contributed by atoms with Gasteiger partial charge in [0.05, 0.1) is 28.2 Å². The summed E-state index contributed by atoms with van der Waals surface area (Å²) in [6.45, 7) is 2.80. The minimum Gasteiger partial charge on any atom is -0.470 e. The van der Waals surface area contributed by atoms with Crippen LogP contribution in [0.5, 0.6) is 5.75 Å². The van der Waals surface area contributed by atoms with Crippen LogP contribution in [0, 0.1) is 12.7 Å². The van der Waals surface area contributed by atoms with Crippen LogP contribution in [0.15, 0.2) is 77.2 Å². The number of aromatic nitrogens is 2. The molecule has 6 aromatic rings. The molecule has 8 nitrogen and oxygen atoms in total. The van der Waals surface area contributed by atoms with E-state index in [1.165, 1.54) is 6.07 Å². The second-order valence-corrected chi connectivity index (χ2v) is 11.2. The summed E-state index contributed by atoms with van der Waals surface area (Å²) in [6, 6.07) is 22.0. The van der Waals surface area contributed by atoms with Crippen molar-refractivity contribution in [3.63, 3.8) is 0 Å². The normalized spacial score (nSPS) is 14.2. The van der Waals surface area contributed by atoms with Crippen LogP contribution in [0.1, 0.15) is 28.8 Å². The second-order valence-electron chi connectivity index (χ2n) is 11.2. The number of rotatable bonds is 4. The number of amides is 2. The number of nitrogens with one attached hydrogen (secondary N) is 1. The molecular weight excluding hydrogens is 559 g/mol. The van der Waals surface area contributed by atoms with Gasteiger partial charge < -0.3 is 23.9 Å². The first-order valence-corrected chi connectivity index (χ1v) is 14.5. The number of hydrogen-bond acceptors (Lipinski definition) is 5. The Morgan fingerprint density at radius 2 is 1.86 bits per heavy atom. The molecule has 0 unspecified atom stereocenters. The lowest BCUT2D eigenvalue weighted by molar-refractivity contribution is -0.117. The van der Waals surface area contributed by atoms with Crippen molar-refractivity contribution in [1.82, 2.24) is 14.9 Å². The van der Waals surface area contributed by atoms with Gasteiger partial charge in [0.15, 0.2) is 6.73 Å². The number of pyridine rings is 1. The molecule has 44 heavy (non-hydrogen) atoms. The molecular formula is C35H27FN4O4. The molecule has 0 spiro atoms. The zero-order valence-electron chi connectivity index (χ0n) is 24.1. The van der Waals surface area contributed by atoms with Crippen LogP contribution in [0.4, 0.5) is 10.1 Å². The molecule has 8 rings (SSSR count). The van der Waals surface area contributed by atoms with Crippen LogP contribution in [-0.2, 0) is 11.5 Å². The zero-order valence-corrected chi connectivity index (χ0v) is 24.1. The molecule has 3 aromatic carbocycles. The van der Waals surface area contributed by atoms with Gasteiger partial charge in [-0.15, -0.1) is 0 Å². The number of halogens is 1. The Balaban J connectivity index is 1.37.